The van der Waals surface area contributed by atoms with Gasteiger partial charge in [-0.1, -0.05) is 34.1 Å². The molecule has 68 valence electrons. The lowest BCUT2D eigenvalue weighted by Crippen LogP contribution is -2.24. The highest BCUT2D eigenvalue weighted by atomic mass is 32.2. The highest BCUT2D eigenvalue weighted by molar-refractivity contribution is 7.91. The molecule has 0 saturated heterocycles. The zero-order valence-electron chi connectivity index (χ0n) is 7.85. The maximum Gasteiger partial charge on any atom is 0.150 e. The van der Waals surface area contributed by atoms with Gasteiger partial charge in [-0.15, -0.1) is 0 Å². The van der Waals surface area contributed by atoms with Crippen LogP contribution in [0.4, 0.5) is 0 Å². The van der Waals surface area contributed by atoms with Crippen LogP contribution in [0.15, 0.2) is 0 Å². The Labute approximate surface area is 69.9 Å². The van der Waals surface area contributed by atoms with Crippen molar-refractivity contribution in [3.63, 3.8) is 0 Å². The van der Waals surface area contributed by atoms with Gasteiger partial charge in [-0.05, 0) is 5.41 Å². The smallest absolute Gasteiger partial charge is 0.150 e. The van der Waals surface area contributed by atoms with Crippen LogP contribution in [0.3, 0.4) is 0 Å². The molecule has 3 heteroatoms. The van der Waals surface area contributed by atoms with E-state index in [2.05, 4.69) is 0 Å². The number of sulfone groups is 1. The van der Waals surface area contributed by atoms with Gasteiger partial charge in [0, 0.05) is 5.75 Å². The third kappa shape index (κ3) is 4.40. The minimum Gasteiger partial charge on any atom is -0.229 e. The van der Waals surface area contributed by atoms with E-state index < -0.39 is 9.84 Å². The summed E-state index contributed by atoms with van der Waals surface area (Å²) in [7, 11) is -2.79. The Balaban J connectivity index is 4.26. The average Bonchev–Trinajstić information content (AvgIpc) is 1.86. The van der Waals surface area contributed by atoms with Crippen LogP contribution in [0.1, 0.15) is 34.1 Å². The molecule has 0 spiro atoms. The van der Waals surface area contributed by atoms with Crippen LogP contribution in [-0.4, -0.2) is 19.9 Å². The average molecular weight is 178 g/mol. The SMILES string of the molecule is CCC(C)(C)CS(=O)(=O)CC. The fourth-order valence-electron chi connectivity index (χ4n) is 0.799. The first-order valence-electron chi connectivity index (χ1n) is 4.03. The first kappa shape index (κ1) is 11.0. The molecular formula is C8H18O2S. The highest BCUT2D eigenvalue weighted by Gasteiger charge is 2.22. The van der Waals surface area contributed by atoms with Crippen molar-refractivity contribution in [3.8, 4) is 0 Å². The first-order valence-corrected chi connectivity index (χ1v) is 5.85. The van der Waals surface area contributed by atoms with Gasteiger partial charge in [0.1, 0.15) is 0 Å². The van der Waals surface area contributed by atoms with Gasteiger partial charge in [0.25, 0.3) is 0 Å². The van der Waals surface area contributed by atoms with Crippen LogP contribution >= 0.6 is 0 Å². The molecule has 0 rings (SSSR count). The van der Waals surface area contributed by atoms with Gasteiger partial charge in [0.05, 0.1) is 5.75 Å². The molecule has 0 atom stereocenters. The molecule has 11 heavy (non-hydrogen) atoms. The van der Waals surface area contributed by atoms with E-state index >= 15 is 0 Å². The Morgan fingerprint density at radius 1 is 1.18 bits per heavy atom. The van der Waals surface area contributed by atoms with Crippen molar-refractivity contribution in [2.75, 3.05) is 11.5 Å². The van der Waals surface area contributed by atoms with E-state index in [0.717, 1.165) is 6.42 Å². The summed E-state index contributed by atoms with van der Waals surface area (Å²) in [6, 6.07) is 0. The quantitative estimate of drug-likeness (QED) is 0.658. The zero-order valence-corrected chi connectivity index (χ0v) is 8.66. The van der Waals surface area contributed by atoms with Crippen LogP contribution in [0.5, 0.6) is 0 Å². The van der Waals surface area contributed by atoms with Crippen LogP contribution in [0.2, 0.25) is 0 Å². The van der Waals surface area contributed by atoms with Crippen LogP contribution < -0.4 is 0 Å². The van der Waals surface area contributed by atoms with Gasteiger partial charge in [-0.25, -0.2) is 8.42 Å². The normalized spacial score (nSPS) is 13.5. The predicted molar refractivity (Wildman–Crippen MR) is 48.4 cm³/mol. The fourth-order valence-corrected chi connectivity index (χ4v) is 2.40. The fraction of sp³-hybridized carbons (Fsp3) is 1.00. The van der Waals surface area contributed by atoms with E-state index in [-0.39, 0.29) is 11.2 Å². The van der Waals surface area contributed by atoms with Crippen molar-refractivity contribution in [3.05, 3.63) is 0 Å². The molecule has 0 N–H and O–H groups in total. The Morgan fingerprint density at radius 2 is 1.64 bits per heavy atom. The summed E-state index contributed by atoms with van der Waals surface area (Å²) in [5, 5.41) is 0. The minimum atomic E-state index is -2.79. The van der Waals surface area contributed by atoms with E-state index in [0.29, 0.717) is 5.75 Å². The molecular weight excluding hydrogens is 160 g/mol. The molecule has 0 aromatic heterocycles. The zero-order chi connectivity index (χ0) is 9.12. The topological polar surface area (TPSA) is 34.1 Å². The molecule has 0 unspecified atom stereocenters. The van der Waals surface area contributed by atoms with Crippen LogP contribution in [0, 0.1) is 5.41 Å². The Kier molecular flexibility index (Phi) is 3.55. The monoisotopic (exact) mass is 178 g/mol. The van der Waals surface area contributed by atoms with Crippen molar-refractivity contribution in [1.29, 1.82) is 0 Å². The molecule has 0 radical (unpaired) electrons. The predicted octanol–water partition coefficient (Wildman–Crippen LogP) is 1.86. The van der Waals surface area contributed by atoms with Gasteiger partial charge < -0.3 is 0 Å². The Bertz CT molecular complexity index is 202. The van der Waals surface area contributed by atoms with Crippen molar-refractivity contribution in [1.82, 2.24) is 0 Å². The lowest BCUT2D eigenvalue weighted by molar-refractivity contribution is 0.397. The van der Waals surface area contributed by atoms with Gasteiger partial charge >= 0.3 is 0 Å². The highest BCUT2D eigenvalue weighted by Crippen LogP contribution is 2.21. The number of rotatable bonds is 4. The second-order valence-corrected chi connectivity index (χ2v) is 6.05. The van der Waals surface area contributed by atoms with Crippen molar-refractivity contribution in [2.24, 2.45) is 5.41 Å². The lowest BCUT2D eigenvalue weighted by Gasteiger charge is -2.21. The molecule has 0 amide bonds. The molecule has 0 aliphatic heterocycles. The summed E-state index contributed by atoms with van der Waals surface area (Å²) < 4.78 is 22.3. The second-order valence-electron chi connectivity index (χ2n) is 3.69. The van der Waals surface area contributed by atoms with Crippen molar-refractivity contribution >= 4 is 9.84 Å². The molecule has 2 nitrogen and oxygen atoms in total. The van der Waals surface area contributed by atoms with Crippen LogP contribution in [-0.2, 0) is 9.84 Å². The van der Waals surface area contributed by atoms with Gasteiger partial charge in [-0.3, -0.25) is 0 Å². The molecule has 0 aliphatic rings. The molecule has 0 aromatic rings. The summed E-state index contributed by atoms with van der Waals surface area (Å²) in [4.78, 5) is 0. The standard InChI is InChI=1S/C8H18O2S/c1-5-8(3,4)7-11(9,10)6-2/h5-7H2,1-4H3. The molecule has 0 saturated carbocycles. The first-order chi connectivity index (χ1) is 4.83. The molecule has 0 bridgehead atoms. The third-order valence-electron chi connectivity index (χ3n) is 2.01. The van der Waals surface area contributed by atoms with Crippen molar-refractivity contribution < 1.29 is 8.42 Å². The van der Waals surface area contributed by atoms with E-state index in [1.165, 1.54) is 0 Å². The summed E-state index contributed by atoms with van der Waals surface area (Å²) in [5.41, 5.74) is -0.0607. The molecule has 0 fully saturated rings. The minimum absolute atomic E-state index is 0.0607. The summed E-state index contributed by atoms with van der Waals surface area (Å²) in [6.07, 6.45) is 0.909. The maximum absolute atomic E-state index is 11.2. The molecule has 0 aliphatic carbocycles. The molecule has 0 heterocycles. The summed E-state index contributed by atoms with van der Waals surface area (Å²) in [5.74, 6) is 0.573. The van der Waals surface area contributed by atoms with E-state index in [1.54, 1.807) is 6.92 Å². The second kappa shape index (κ2) is 3.57. The number of hydrogen-bond acceptors (Lipinski definition) is 2. The van der Waals surface area contributed by atoms with E-state index in [9.17, 15) is 8.42 Å². The summed E-state index contributed by atoms with van der Waals surface area (Å²) in [6.45, 7) is 7.69. The van der Waals surface area contributed by atoms with E-state index in [1.807, 2.05) is 20.8 Å². The summed E-state index contributed by atoms with van der Waals surface area (Å²) >= 11 is 0. The van der Waals surface area contributed by atoms with Crippen LogP contribution in [0.25, 0.3) is 0 Å². The number of hydrogen-bond donors (Lipinski definition) is 0. The molecule has 0 aromatic carbocycles. The largest absolute Gasteiger partial charge is 0.229 e. The third-order valence-corrected chi connectivity index (χ3v) is 4.11. The Hall–Kier alpha value is -0.0500. The van der Waals surface area contributed by atoms with Crippen molar-refractivity contribution in [2.45, 2.75) is 34.1 Å². The van der Waals surface area contributed by atoms with E-state index in [4.69, 9.17) is 0 Å². The lowest BCUT2D eigenvalue weighted by atomic mass is 9.93. The van der Waals surface area contributed by atoms with Gasteiger partial charge in [0.15, 0.2) is 9.84 Å². The maximum atomic E-state index is 11.2. The Morgan fingerprint density at radius 3 is 1.91 bits per heavy atom. The van der Waals surface area contributed by atoms with Gasteiger partial charge in [-0.2, -0.15) is 0 Å². The van der Waals surface area contributed by atoms with Gasteiger partial charge in [0.2, 0.25) is 0 Å².